The van der Waals surface area contributed by atoms with Gasteiger partial charge in [0.1, 0.15) is 6.10 Å². The highest BCUT2D eigenvalue weighted by molar-refractivity contribution is 6.08. The van der Waals surface area contributed by atoms with E-state index in [0.29, 0.717) is 53.8 Å². The van der Waals surface area contributed by atoms with Crippen LogP contribution in [0.1, 0.15) is 53.6 Å². The highest BCUT2D eigenvalue weighted by Gasteiger charge is 2.73. The number of hydrogen-bond acceptors (Lipinski definition) is 7. The summed E-state index contributed by atoms with van der Waals surface area (Å²) in [4.78, 5) is 30.0. The van der Waals surface area contributed by atoms with Crippen LogP contribution in [0.15, 0.2) is 36.5 Å². The molecule has 2 aromatic carbocycles. The van der Waals surface area contributed by atoms with E-state index < -0.39 is 28.1 Å². The lowest BCUT2D eigenvalue weighted by Gasteiger charge is -2.64. The molecule has 3 fully saturated rings. The minimum atomic E-state index is -1.03. The second kappa shape index (κ2) is 8.58. The summed E-state index contributed by atoms with van der Waals surface area (Å²) in [7, 11) is 0. The highest BCUT2D eigenvalue weighted by atomic mass is 35.5. The summed E-state index contributed by atoms with van der Waals surface area (Å²) in [5.74, 6) is 0.851. The number of nitrogens with one attached hydrogen (secondary N) is 2. The molecule has 10 nitrogen and oxygen atoms in total. The Morgan fingerprint density at radius 1 is 1.23 bits per heavy atom. The largest absolute Gasteiger partial charge is 0.504 e. The van der Waals surface area contributed by atoms with Gasteiger partial charge in [-0.1, -0.05) is 12.1 Å². The normalized spacial score (nSPS) is 31.7. The van der Waals surface area contributed by atoms with Gasteiger partial charge >= 0.3 is 0 Å². The topological polar surface area (TPSA) is 141 Å². The number of aromatic amines is 1. The molecule has 2 bridgehead atoms. The number of carbonyl (C=O) groups is 1. The number of para-hydroxylation sites is 1. The molecule has 0 radical (unpaired) electrons. The molecular formula is C29H31ClN4O6. The van der Waals surface area contributed by atoms with Crippen LogP contribution >= 0.6 is 12.4 Å². The number of H-pyrrole nitrogens is 1. The molecule has 3 aliphatic carbocycles. The Balaban J connectivity index is 0.00000264. The molecule has 0 unspecified atom stereocenters. The number of nitrogens with zero attached hydrogens (tertiary/aromatic N) is 2. The summed E-state index contributed by atoms with van der Waals surface area (Å²) >= 11 is 0. The van der Waals surface area contributed by atoms with Gasteiger partial charge in [-0.25, -0.2) is 0 Å². The zero-order chi connectivity index (χ0) is 26.7. The molecule has 1 spiro atoms. The molecule has 2 saturated carbocycles. The number of likely N-dealkylation sites (tertiary alicyclic amines) is 1. The molecule has 1 aromatic heterocycles. The van der Waals surface area contributed by atoms with Gasteiger partial charge in [-0.3, -0.25) is 19.8 Å². The molecule has 11 heteroatoms. The van der Waals surface area contributed by atoms with Crippen LogP contribution in [0, 0.1) is 16.0 Å². The van der Waals surface area contributed by atoms with Gasteiger partial charge in [-0.15, -0.1) is 12.4 Å². The third kappa shape index (κ3) is 3.21. The quantitative estimate of drug-likeness (QED) is 0.273. The van der Waals surface area contributed by atoms with Crippen LogP contribution in [0.25, 0.3) is 10.9 Å². The van der Waals surface area contributed by atoms with Gasteiger partial charge in [-0.05, 0) is 74.8 Å². The standard InChI is InChI=1S/C29H30N4O6.ClH/c34-21-7-6-16-12-22-29(36)9-8-19(31-27(35)18-3-1-2-17-20(33(37)38)13-30-24(17)18)26-28(29,23(16)25(21)39-26)10-11-32(22)14-15-4-5-15;/h1-3,6-7,13,15,19,22,26,30,34,36H,4-5,8-12,14H2,(H,31,35);1H/t19-,22+,26-,28-,29+;/m0./s1. The maximum atomic E-state index is 13.7. The van der Waals surface area contributed by atoms with Crippen molar-refractivity contribution in [3.63, 3.8) is 0 Å². The first kappa shape index (κ1) is 25.6. The van der Waals surface area contributed by atoms with Crippen molar-refractivity contribution < 1.29 is 24.7 Å². The van der Waals surface area contributed by atoms with Crippen molar-refractivity contribution >= 4 is 34.9 Å². The Kier molecular flexibility index (Phi) is 5.49. The average molecular weight is 567 g/mol. The van der Waals surface area contributed by atoms with E-state index in [1.165, 1.54) is 19.0 Å². The molecule has 5 atom stereocenters. The van der Waals surface area contributed by atoms with Crippen molar-refractivity contribution in [3.05, 3.63) is 63.3 Å². The Morgan fingerprint density at radius 3 is 2.83 bits per heavy atom. The second-order valence-electron chi connectivity index (χ2n) is 12.1. The summed E-state index contributed by atoms with van der Waals surface area (Å²) in [5, 5.41) is 38.4. The van der Waals surface area contributed by atoms with E-state index in [-0.39, 0.29) is 35.8 Å². The zero-order valence-corrected chi connectivity index (χ0v) is 22.6. The molecule has 1 amide bonds. The van der Waals surface area contributed by atoms with Gasteiger partial charge in [0, 0.05) is 18.2 Å². The van der Waals surface area contributed by atoms with Crippen molar-refractivity contribution in [2.75, 3.05) is 13.1 Å². The number of benzene rings is 2. The summed E-state index contributed by atoms with van der Waals surface area (Å²) in [6.45, 7) is 1.84. The average Bonchev–Trinajstić information content (AvgIpc) is 3.49. The Morgan fingerprint density at radius 2 is 2.05 bits per heavy atom. The number of hydrogen-bond donors (Lipinski definition) is 4. The summed E-state index contributed by atoms with van der Waals surface area (Å²) < 4.78 is 6.54. The first-order valence-electron chi connectivity index (χ1n) is 13.9. The van der Waals surface area contributed by atoms with Gasteiger partial charge in [0.2, 0.25) is 0 Å². The Labute approximate surface area is 236 Å². The van der Waals surface area contributed by atoms with E-state index in [1.807, 2.05) is 6.07 Å². The molecule has 5 aliphatic rings. The predicted molar refractivity (Wildman–Crippen MR) is 148 cm³/mol. The van der Waals surface area contributed by atoms with E-state index in [2.05, 4.69) is 15.2 Å². The van der Waals surface area contributed by atoms with E-state index in [1.54, 1.807) is 24.3 Å². The number of aromatic nitrogens is 1. The number of phenols is 1. The second-order valence-corrected chi connectivity index (χ2v) is 12.1. The molecule has 4 N–H and O–H groups in total. The number of carbonyl (C=O) groups excluding carboxylic acids is 1. The van der Waals surface area contributed by atoms with Gasteiger partial charge in [-0.2, -0.15) is 0 Å². The van der Waals surface area contributed by atoms with Crippen molar-refractivity contribution in [1.29, 1.82) is 0 Å². The van der Waals surface area contributed by atoms with Crippen LogP contribution in [0.2, 0.25) is 0 Å². The SMILES string of the molecule is Cl.O=C(N[C@H]1CC[C@@]2(O)[C@H]3Cc4ccc(O)c5c4[C@@]2(CCN3CC2CC2)[C@H]1O5)c1cccc2c([N+](=O)[O-])c[nH]c12. The number of amides is 1. The van der Waals surface area contributed by atoms with Gasteiger partial charge in [0.05, 0.1) is 44.6 Å². The molecule has 3 aromatic rings. The van der Waals surface area contributed by atoms with Crippen molar-refractivity contribution in [1.82, 2.24) is 15.2 Å². The van der Waals surface area contributed by atoms with Crippen LogP contribution in [0.5, 0.6) is 11.5 Å². The fourth-order valence-corrected chi connectivity index (χ4v) is 8.36. The molecule has 2 aliphatic heterocycles. The van der Waals surface area contributed by atoms with Crippen molar-refractivity contribution in [2.45, 2.75) is 67.7 Å². The lowest BCUT2D eigenvalue weighted by Crippen LogP contribution is -2.78. The van der Waals surface area contributed by atoms with Crippen molar-refractivity contribution in [3.8, 4) is 11.5 Å². The number of fused-ring (bicyclic) bond motifs is 1. The lowest BCUT2D eigenvalue weighted by atomic mass is 9.48. The number of aliphatic hydroxyl groups is 1. The van der Waals surface area contributed by atoms with Gasteiger partial charge in [0.25, 0.3) is 11.6 Å². The minimum Gasteiger partial charge on any atom is -0.504 e. The molecule has 40 heavy (non-hydrogen) atoms. The molecule has 3 heterocycles. The third-order valence-electron chi connectivity index (χ3n) is 10.2. The minimum absolute atomic E-state index is 0. The van der Waals surface area contributed by atoms with Crippen LogP contribution in [-0.2, 0) is 11.8 Å². The molecule has 1 saturated heterocycles. The van der Waals surface area contributed by atoms with E-state index >= 15 is 0 Å². The number of rotatable bonds is 5. The van der Waals surface area contributed by atoms with E-state index in [4.69, 9.17) is 4.74 Å². The predicted octanol–water partition coefficient (Wildman–Crippen LogP) is 3.57. The molecule has 210 valence electrons. The highest BCUT2D eigenvalue weighted by Crippen LogP contribution is 2.65. The number of phenolic OH excluding ortho intramolecular Hbond substituents is 1. The molecular weight excluding hydrogens is 536 g/mol. The number of aromatic hydroxyl groups is 1. The maximum Gasteiger partial charge on any atom is 0.294 e. The summed E-state index contributed by atoms with van der Waals surface area (Å²) in [6, 6.07) is 8.12. The van der Waals surface area contributed by atoms with Crippen LogP contribution in [0.4, 0.5) is 5.69 Å². The lowest BCUT2D eigenvalue weighted by molar-refractivity contribution is -0.383. The van der Waals surface area contributed by atoms with Crippen LogP contribution in [-0.4, -0.2) is 67.8 Å². The van der Waals surface area contributed by atoms with Crippen molar-refractivity contribution in [2.24, 2.45) is 5.92 Å². The van der Waals surface area contributed by atoms with Gasteiger partial charge < -0.3 is 25.3 Å². The van der Waals surface area contributed by atoms with Crippen LogP contribution in [0.3, 0.4) is 0 Å². The Bertz CT molecular complexity index is 1570. The maximum absolute atomic E-state index is 13.7. The number of halogens is 1. The summed E-state index contributed by atoms with van der Waals surface area (Å²) in [6.07, 6.45) is 5.70. The van der Waals surface area contributed by atoms with Crippen LogP contribution < -0.4 is 10.1 Å². The Hall–Kier alpha value is -3.34. The third-order valence-corrected chi connectivity index (χ3v) is 10.2. The summed E-state index contributed by atoms with van der Waals surface area (Å²) in [5.41, 5.74) is 0.914. The van der Waals surface area contributed by atoms with E-state index in [0.717, 1.165) is 24.2 Å². The zero-order valence-electron chi connectivity index (χ0n) is 21.8. The first-order valence-corrected chi connectivity index (χ1v) is 13.9. The number of nitro groups is 1. The van der Waals surface area contributed by atoms with E-state index in [9.17, 15) is 25.1 Å². The fourth-order valence-electron chi connectivity index (χ4n) is 8.36. The fraction of sp³-hybridized carbons (Fsp3) is 0.483. The molecule has 8 rings (SSSR count). The smallest absolute Gasteiger partial charge is 0.294 e. The number of piperidine rings is 1. The monoisotopic (exact) mass is 566 g/mol. The number of ether oxygens (including phenoxy) is 1. The first-order chi connectivity index (χ1) is 18.8. The van der Waals surface area contributed by atoms with Gasteiger partial charge in [0.15, 0.2) is 11.5 Å².